The van der Waals surface area contributed by atoms with E-state index in [1.807, 2.05) is 0 Å². The lowest BCUT2D eigenvalue weighted by Crippen LogP contribution is -2.56. The van der Waals surface area contributed by atoms with Gasteiger partial charge in [-0.05, 0) is 19.4 Å². The summed E-state index contributed by atoms with van der Waals surface area (Å²) < 4.78 is 6.71. The van der Waals surface area contributed by atoms with Crippen LogP contribution in [-0.2, 0) is 11.2 Å². The second kappa shape index (κ2) is 7.39. The summed E-state index contributed by atoms with van der Waals surface area (Å²) in [6, 6.07) is 2.87. The first kappa shape index (κ1) is 18.1. The summed E-state index contributed by atoms with van der Waals surface area (Å²) in [4.78, 5) is 35.0. The maximum Gasteiger partial charge on any atom is 0.274 e. The first-order chi connectivity index (χ1) is 13.5. The molecule has 0 bridgehead atoms. The number of aliphatic hydroxyl groups excluding tert-OH is 1. The van der Waals surface area contributed by atoms with Gasteiger partial charge in [0.2, 0.25) is 11.7 Å². The van der Waals surface area contributed by atoms with Gasteiger partial charge >= 0.3 is 0 Å². The monoisotopic (exact) mass is 384 g/mol. The predicted molar refractivity (Wildman–Crippen MR) is 96.4 cm³/mol. The lowest BCUT2D eigenvalue weighted by molar-refractivity contribution is -0.122. The molecule has 0 radical (unpaired) electrons. The number of piperidine rings is 1. The first-order valence-corrected chi connectivity index (χ1v) is 8.98. The molecular weight excluding hydrogens is 364 g/mol. The van der Waals surface area contributed by atoms with Gasteiger partial charge in [-0.1, -0.05) is 5.16 Å². The summed E-state index contributed by atoms with van der Waals surface area (Å²) in [5, 5.41) is 16.8. The van der Waals surface area contributed by atoms with Crippen LogP contribution in [0.2, 0.25) is 0 Å². The van der Waals surface area contributed by atoms with Gasteiger partial charge in [0.1, 0.15) is 11.5 Å². The Morgan fingerprint density at radius 2 is 2.29 bits per heavy atom. The fraction of sp³-hybridized carbons (Fsp3) is 0.389. The number of hydrogen-bond acceptors (Lipinski definition) is 7. The topological polar surface area (TPSA) is 126 Å². The van der Waals surface area contributed by atoms with Crippen LogP contribution in [0.1, 0.15) is 28.4 Å². The number of aliphatic hydroxyl groups is 1. The average Bonchev–Trinajstić information content (AvgIpc) is 3.28. The Morgan fingerprint density at radius 1 is 1.43 bits per heavy atom. The Morgan fingerprint density at radius 3 is 3.04 bits per heavy atom. The van der Waals surface area contributed by atoms with E-state index in [9.17, 15) is 14.7 Å². The third kappa shape index (κ3) is 3.72. The summed E-state index contributed by atoms with van der Waals surface area (Å²) in [5.41, 5.74) is 0.969. The molecule has 2 N–H and O–H groups in total. The van der Waals surface area contributed by atoms with E-state index in [2.05, 4.69) is 20.4 Å². The molecule has 0 aliphatic carbocycles. The van der Waals surface area contributed by atoms with E-state index < -0.39 is 12.1 Å². The number of imidazole rings is 1. The van der Waals surface area contributed by atoms with Crippen molar-refractivity contribution in [2.24, 2.45) is 0 Å². The van der Waals surface area contributed by atoms with Crippen LogP contribution in [0.5, 0.6) is 0 Å². The maximum absolute atomic E-state index is 12.8. The fourth-order valence-corrected chi connectivity index (χ4v) is 3.28. The molecule has 10 heteroatoms. The smallest absolute Gasteiger partial charge is 0.274 e. The molecule has 0 unspecified atom stereocenters. The zero-order valence-electron chi connectivity index (χ0n) is 15.3. The van der Waals surface area contributed by atoms with E-state index in [-0.39, 0.29) is 30.5 Å². The van der Waals surface area contributed by atoms with Crippen LogP contribution in [0.3, 0.4) is 0 Å². The summed E-state index contributed by atoms with van der Waals surface area (Å²) in [6.07, 6.45) is 4.65. The van der Waals surface area contributed by atoms with Crippen molar-refractivity contribution in [1.29, 1.82) is 0 Å². The van der Waals surface area contributed by atoms with Crippen molar-refractivity contribution in [3.8, 4) is 0 Å². The number of rotatable bonds is 4. The Kier molecular flexibility index (Phi) is 4.78. The van der Waals surface area contributed by atoms with Crippen LogP contribution < -0.4 is 5.32 Å². The van der Waals surface area contributed by atoms with Crippen molar-refractivity contribution in [3.05, 3.63) is 47.9 Å². The normalized spacial score (nSPS) is 19.7. The molecule has 1 saturated heterocycles. The minimum absolute atomic E-state index is 0.0239. The van der Waals surface area contributed by atoms with Crippen LogP contribution in [-0.4, -0.2) is 66.6 Å². The van der Waals surface area contributed by atoms with E-state index in [0.29, 0.717) is 30.2 Å². The predicted octanol–water partition coefficient (Wildman–Crippen LogP) is -0.0400. The molecule has 1 fully saturated rings. The molecule has 4 rings (SSSR count). The highest BCUT2D eigenvalue weighted by atomic mass is 16.5. The third-order valence-electron chi connectivity index (χ3n) is 4.68. The quantitative estimate of drug-likeness (QED) is 0.646. The number of amides is 2. The van der Waals surface area contributed by atoms with Crippen LogP contribution in [0.4, 0.5) is 0 Å². The van der Waals surface area contributed by atoms with E-state index in [4.69, 9.17) is 4.52 Å². The summed E-state index contributed by atoms with van der Waals surface area (Å²) in [5.74, 6) is 0.328. The second-order valence-corrected chi connectivity index (χ2v) is 6.85. The number of hydrogen-bond donors (Lipinski definition) is 2. The largest absolute Gasteiger partial charge is 0.391 e. The standard InChI is InChI=1S/C18H20N6O4/c1-11-7-12(28-22-11)8-16(26)20-13-9-23(6-3-15(13)25)17(27)14-10-24-5-2-4-19-18(24)21-14/h2,4-5,7,10,13,15,25H,3,6,8-9H2,1H3,(H,20,26)/t13-,15-/m1/s1. The molecule has 10 nitrogen and oxygen atoms in total. The van der Waals surface area contributed by atoms with Crippen molar-refractivity contribution in [3.63, 3.8) is 0 Å². The molecule has 4 heterocycles. The van der Waals surface area contributed by atoms with Gasteiger partial charge in [0.25, 0.3) is 5.91 Å². The van der Waals surface area contributed by atoms with Crippen molar-refractivity contribution in [2.45, 2.75) is 31.9 Å². The fourth-order valence-electron chi connectivity index (χ4n) is 3.28. The molecular formula is C18H20N6O4. The maximum atomic E-state index is 12.8. The minimum atomic E-state index is -0.729. The molecule has 0 aromatic carbocycles. The molecule has 28 heavy (non-hydrogen) atoms. The van der Waals surface area contributed by atoms with Crippen molar-refractivity contribution < 1.29 is 19.2 Å². The minimum Gasteiger partial charge on any atom is -0.391 e. The van der Waals surface area contributed by atoms with Gasteiger partial charge in [-0.3, -0.25) is 14.0 Å². The first-order valence-electron chi connectivity index (χ1n) is 8.98. The number of aryl methyl sites for hydroxylation is 1. The molecule has 0 saturated carbocycles. The Bertz CT molecular complexity index is 979. The van der Waals surface area contributed by atoms with Crippen molar-refractivity contribution in [1.82, 2.24) is 29.7 Å². The summed E-state index contributed by atoms with van der Waals surface area (Å²) in [7, 11) is 0. The van der Waals surface area contributed by atoms with Gasteiger partial charge in [-0.25, -0.2) is 9.97 Å². The number of likely N-dealkylation sites (tertiary alicyclic amines) is 1. The number of carbonyl (C=O) groups is 2. The molecule has 1 aliphatic heterocycles. The van der Waals surface area contributed by atoms with E-state index in [0.717, 1.165) is 0 Å². The van der Waals surface area contributed by atoms with E-state index in [1.165, 1.54) is 0 Å². The second-order valence-electron chi connectivity index (χ2n) is 6.85. The third-order valence-corrected chi connectivity index (χ3v) is 4.68. The summed E-state index contributed by atoms with van der Waals surface area (Å²) >= 11 is 0. The lowest BCUT2D eigenvalue weighted by Gasteiger charge is -2.36. The Hall–Kier alpha value is -3.27. The number of carbonyl (C=O) groups excluding carboxylic acids is 2. The number of nitrogens with one attached hydrogen (secondary N) is 1. The number of fused-ring (bicyclic) bond motifs is 1. The highest BCUT2D eigenvalue weighted by molar-refractivity contribution is 5.93. The van der Waals surface area contributed by atoms with Gasteiger partial charge in [-0.2, -0.15) is 0 Å². The number of nitrogens with zero attached hydrogens (tertiary/aromatic N) is 5. The highest BCUT2D eigenvalue weighted by Gasteiger charge is 2.32. The zero-order chi connectivity index (χ0) is 19.7. The molecule has 2 atom stereocenters. The Labute approximate surface area is 160 Å². The lowest BCUT2D eigenvalue weighted by atomic mass is 10.0. The van der Waals surface area contributed by atoms with Gasteiger partial charge in [-0.15, -0.1) is 0 Å². The van der Waals surface area contributed by atoms with Gasteiger partial charge in [0.05, 0.1) is 24.3 Å². The van der Waals surface area contributed by atoms with Crippen molar-refractivity contribution >= 4 is 17.6 Å². The molecule has 3 aromatic heterocycles. The highest BCUT2D eigenvalue weighted by Crippen LogP contribution is 2.15. The molecule has 3 aromatic rings. The Balaban J connectivity index is 1.42. The van der Waals surface area contributed by atoms with E-state index in [1.54, 1.807) is 46.9 Å². The number of aromatic nitrogens is 4. The van der Waals surface area contributed by atoms with E-state index >= 15 is 0 Å². The van der Waals surface area contributed by atoms with Crippen LogP contribution in [0, 0.1) is 6.92 Å². The molecule has 2 amide bonds. The average molecular weight is 384 g/mol. The van der Waals surface area contributed by atoms with Crippen LogP contribution in [0.15, 0.2) is 35.2 Å². The van der Waals surface area contributed by atoms with Crippen LogP contribution in [0.25, 0.3) is 5.78 Å². The van der Waals surface area contributed by atoms with Gasteiger partial charge in [0.15, 0.2) is 0 Å². The van der Waals surface area contributed by atoms with Gasteiger partial charge in [0, 0.05) is 37.7 Å². The van der Waals surface area contributed by atoms with Crippen molar-refractivity contribution in [2.75, 3.05) is 13.1 Å². The SMILES string of the molecule is Cc1cc(CC(=O)N[C@@H]2CN(C(=O)c3cn4cccnc4n3)CC[C@H]2O)on1. The van der Waals surface area contributed by atoms with Gasteiger partial charge < -0.3 is 19.8 Å². The molecule has 1 aliphatic rings. The zero-order valence-corrected chi connectivity index (χ0v) is 15.3. The van der Waals surface area contributed by atoms with Crippen LogP contribution >= 0.6 is 0 Å². The summed E-state index contributed by atoms with van der Waals surface area (Å²) in [6.45, 7) is 2.35. The molecule has 146 valence electrons. The molecule has 0 spiro atoms.